The van der Waals surface area contributed by atoms with Crippen LogP contribution in [0.5, 0.6) is 0 Å². The van der Waals surface area contributed by atoms with Crippen LogP contribution < -0.4 is 17.1 Å². The first-order chi connectivity index (χ1) is 18.0. The van der Waals surface area contributed by atoms with E-state index in [0.717, 1.165) is 0 Å². The standard InChI is InChI=1S/3C9H14N2O2.Fe/c3*1-6(2)4-8-5-7(3)10-9(12)11(8)13;/h3*5-6,13H,4H2,1-3H3;. The van der Waals surface area contributed by atoms with Gasteiger partial charge in [-0.3, -0.25) is 0 Å². The van der Waals surface area contributed by atoms with Gasteiger partial charge in [-0.05, 0) is 76.0 Å². The average molecular weight is 603 g/mol. The summed E-state index contributed by atoms with van der Waals surface area (Å²) in [5.74, 6) is 1.21. The summed E-state index contributed by atoms with van der Waals surface area (Å²) in [5.41, 5.74) is 1.98. The Hall–Kier alpha value is -3.44. The first-order valence-electron chi connectivity index (χ1n) is 12.9. The van der Waals surface area contributed by atoms with Crippen molar-refractivity contribution in [2.45, 2.75) is 81.6 Å². The summed E-state index contributed by atoms with van der Waals surface area (Å²) < 4.78 is 1.85. The Kier molecular flexibility index (Phi) is 15.2. The Bertz CT molecular complexity index is 1240. The number of nitrogens with zero attached hydrogens (tertiary/aromatic N) is 6. The Morgan fingerprint density at radius 2 is 0.750 bits per heavy atom. The van der Waals surface area contributed by atoms with E-state index in [9.17, 15) is 30.0 Å². The minimum absolute atomic E-state index is 0. The Labute approximate surface area is 244 Å². The Balaban J connectivity index is 0.000000563. The molecule has 40 heavy (non-hydrogen) atoms. The van der Waals surface area contributed by atoms with Crippen molar-refractivity contribution in [1.82, 2.24) is 29.1 Å². The molecule has 3 rings (SSSR count). The predicted molar refractivity (Wildman–Crippen MR) is 147 cm³/mol. The predicted octanol–water partition coefficient (Wildman–Crippen LogP) is 2.96. The van der Waals surface area contributed by atoms with E-state index in [4.69, 9.17) is 0 Å². The van der Waals surface area contributed by atoms with Crippen LogP contribution in [0.2, 0.25) is 0 Å². The SMILES string of the molecule is Cc1cc(CC(C)C)n(O)c(=O)n1.Cc1cc(CC(C)C)n(O)c(=O)n1.Cc1cc(CC(C)C)n(O)c(=O)n1.[Fe]. The van der Waals surface area contributed by atoms with E-state index in [1.54, 1.807) is 39.0 Å². The van der Waals surface area contributed by atoms with E-state index in [0.29, 0.717) is 85.4 Å². The van der Waals surface area contributed by atoms with E-state index in [-0.39, 0.29) is 17.1 Å². The number of hydrogen-bond acceptors (Lipinski definition) is 9. The van der Waals surface area contributed by atoms with Gasteiger partial charge in [-0.1, -0.05) is 41.5 Å². The molecule has 3 aromatic rings. The van der Waals surface area contributed by atoms with Crippen molar-refractivity contribution in [2.24, 2.45) is 17.8 Å². The molecule has 3 heterocycles. The molecule has 0 atom stereocenters. The van der Waals surface area contributed by atoms with Crippen molar-refractivity contribution in [3.63, 3.8) is 0 Å². The minimum Gasteiger partial charge on any atom is -0.424 e. The van der Waals surface area contributed by atoms with Crippen molar-refractivity contribution in [3.8, 4) is 0 Å². The normalized spacial score (nSPS) is 10.5. The van der Waals surface area contributed by atoms with Crippen LogP contribution in [0.4, 0.5) is 0 Å². The van der Waals surface area contributed by atoms with Crippen LogP contribution in [0.3, 0.4) is 0 Å². The second-order valence-corrected chi connectivity index (χ2v) is 10.7. The molecule has 3 N–H and O–H groups in total. The maximum absolute atomic E-state index is 11.0. The quantitative estimate of drug-likeness (QED) is 0.284. The van der Waals surface area contributed by atoms with Gasteiger partial charge in [0.05, 0.1) is 17.1 Å². The Morgan fingerprint density at radius 1 is 0.550 bits per heavy atom. The minimum atomic E-state index is -0.601. The third kappa shape index (κ3) is 12.2. The molecule has 3 aromatic heterocycles. The molecule has 0 bridgehead atoms. The summed E-state index contributed by atoms with van der Waals surface area (Å²) in [5, 5.41) is 27.9. The second-order valence-electron chi connectivity index (χ2n) is 10.7. The summed E-state index contributed by atoms with van der Waals surface area (Å²) in [6, 6.07) is 5.17. The molecule has 0 unspecified atom stereocenters. The number of aromatic nitrogens is 6. The fourth-order valence-corrected chi connectivity index (χ4v) is 3.66. The van der Waals surface area contributed by atoms with E-state index in [2.05, 4.69) is 15.0 Å². The molecule has 0 aromatic carbocycles. The van der Waals surface area contributed by atoms with Gasteiger partial charge in [-0.2, -0.15) is 15.0 Å². The van der Waals surface area contributed by atoms with Crippen molar-refractivity contribution >= 4 is 0 Å². The molecule has 0 aliphatic rings. The number of aryl methyl sites for hydroxylation is 3. The number of hydrogen-bond donors (Lipinski definition) is 3. The van der Waals surface area contributed by atoms with Crippen LogP contribution >= 0.6 is 0 Å². The third-order valence-corrected chi connectivity index (χ3v) is 5.15. The summed E-state index contributed by atoms with van der Waals surface area (Å²) in [6.07, 6.45) is 2.03. The molecular weight excluding hydrogens is 560 g/mol. The monoisotopic (exact) mass is 602 g/mol. The molecule has 0 radical (unpaired) electrons. The molecule has 0 spiro atoms. The fourth-order valence-electron chi connectivity index (χ4n) is 3.66. The Morgan fingerprint density at radius 3 is 0.925 bits per heavy atom. The van der Waals surface area contributed by atoms with Gasteiger partial charge in [0.15, 0.2) is 0 Å². The zero-order valence-electron chi connectivity index (χ0n) is 24.7. The van der Waals surface area contributed by atoms with Crippen LogP contribution in [0.25, 0.3) is 0 Å². The summed E-state index contributed by atoms with van der Waals surface area (Å²) in [6.45, 7) is 17.4. The fraction of sp³-hybridized carbons (Fsp3) is 0.556. The molecule has 0 saturated carbocycles. The van der Waals surface area contributed by atoms with Gasteiger partial charge < -0.3 is 15.6 Å². The van der Waals surface area contributed by atoms with Crippen molar-refractivity contribution in [2.75, 3.05) is 0 Å². The van der Waals surface area contributed by atoms with E-state index < -0.39 is 17.1 Å². The van der Waals surface area contributed by atoms with E-state index in [1.165, 1.54) is 0 Å². The molecule has 224 valence electrons. The van der Waals surface area contributed by atoms with Gasteiger partial charge in [-0.25, -0.2) is 14.4 Å². The summed E-state index contributed by atoms with van der Waals surface area (Å²) in [7, 11) is 0. The number of rotatable bonds is 6. The van der Waals surface area contributed by atoms with Crippen molar-refractivity contribution in [1.29, 1.82) is 0 Å². The maximum atomic E-state index is 11.0. The van der Waals surface area contributed by atoms with Gasteiger partial charge in [0.2, 0.25) is 0 Å². The molecule has 0 fully saturated rings. The van der Waals surface area contributed by atoms with Gasteiger partial charge in [0.1, 0.15) is 0 Å². The third-order valence-electron chi connectivity index (χ3n) is 5.15. The molecular formula is C27H42FeN6O6. The van der Waals surface area contributed by atoms with Gasteiger partial charge in [-0.15, -0.1) is 14.2 Å². The van der Waals surface area contributed by atoms with Crippen LogP contribution in [0, 0.1) is 38.5 Å². The average Bonchev–Trinajstić information content (AvgIpc) is 2.78. The van der Waals surface area contributed by atoms with Crippen molar-refractivity contribution in [3.05, 3.63) is 83.8 Å². The van der Waals surface area contributed by atoms with E-state index >= 15 is 0 Å². The first-order valence-corrected chi connectivity index (χ1v) is 12.9. The molecule has 0 amide bonds. The molecule has 0 aliphatic carbocycles. The largest absolute Gasteiger partial charge is 0.424 e. The maximum Gasteiger partial charge on any atom is 0.380 e. The van der Waals surface area contributed by atoms with Crippen LogP contribution in [0.15, 0.2) is 32.6 Å². The molecule has 12 nitrogen and oxygen atoms in total. The van der Waals surface area contributed by atoms with Crippen LogP contribution in [-0.2, 0) is 36.3 Å². The van der Waals surface area contributed by atoms with Gasteiger partial charge in [0.25, 0.3) is 0 Å². The van der Waals surface area contributed by atoms with Crippen LogP contribution in [0.1, 0.15) is 75.7 Å². The topological polar surface area (TPSA) is 165 Å². The summed E-state index contributed by atoms with van der Waals surface area (Å²) in [4.78, 5) is 43.9. The molecule has 0 aliphatic heterocycles. The molecule has 13 heteroatoms. The smallest absolute Gasteiger partial charge is 0.380 e. The zero-order chi connectivity index (χ0) is 30.0. The van der Waals surface area contributed by atoms with Crippen LogP contribution in [-0.4, -0.2) is 44.8 Å². The molecule has 0 saturated heterocycles. The van der Waals surface area contributed by atoms with Crippen molar-refractivity contribution < 1.29 is 32.7 Å². The second kappa shape index (κ2) is 16.6. The summed E-state index contributed by atoms with van der Waals surface area (Å²) >= 11 is 0. The first kappa shape index (κ1) is 36.6. The van der Waals surface area contributed by atoms with Gasteiger partial charge >= 0.3 is 17.1 Å². The van der Waals surface area contributed by atoms with Gasteiger partial charge in [0, 0.05) is 34.2 Å². The van der Waals surface area contributed by atoms with E-state index in [1.807, 2.05) is 41.5 Å². The zero-order valence-corrected chi connectivity index (χ0v) is 25.8.